The highest BCUT2D eigenvalue weighted by molar-refractivity contribution is 5.96. The van der Waals surface area contributed by atoms with Crippen molar-refractivity contribution in [3.63, 3.8) is 0 Å². The maximum Gasteiger partial charge on any atom is 0.266 e. The number of methoxy groups -OCH3 is 3. The van der Waals surface area contributed by atoms with Gasteiger partial charge in [-0.2, -0.15) is 0 Å². The fourth-order valence-corrected chi connectivity index (χ4v) is 4.46. The van der Waals surface area contributed by atoms with Gasteiger partial charge in [-0.15, -0.1) is 0 Å². The minimum Gasteiger partial charge on any atom is -0.496 e. The van der Waals surface area contributed by atoms with Crippen LogP contribution in [0.15, 0.2) is 71.5 Å². The van der Waals surface area contributed by atoms with Crippen LogP contribution in [-0.2, 0) is 0 Å². The van der Waals surface area contributed by atoms with Crippen molar-refractivity contribution in [2.75, 3.05) is 21.3 Å². The number of aryl methyl sites for hydroxylation is 2. The molecular weight excluding hydrogens is 464 g/mol. The Kier molecular flexibility index (Phi) is 6.40. The van der Waals surface area contributed by atoms with Gasteiger partial charge in [0.15, 0.2) is 11.5 Å². The molecule has 0 fully saturated rings. The van der Waals surface area contributed by atoms with E-state index in [1.807, 2.05) is 79.7 Å². The Morgan fingerprint density at radius 1 is 0.730 bits per heavy atom. The van der Waals surface area contributed by atoms with E-state index in [-0.39, 0.29) is 5.56 Å². The first-order valence-electron chi connectivity index (χ1n) is 11.9. The molecule has 0 bridgehead atoms. The Hall–Kier alpha value is -4.58. The fourth-order valence-electron chi connectivity index (χ4n) is 4.46. The number of rotatable bonds is 6. The van der Waals surface area contributed by atoms with Crippen LogP contribution in [0.2, 0.25) is 0 Å². The molecule has 37 heavy (non-hydrogen) atoms. The molecule has 0 aliphatic rings. The summed E-state index contributed by atoms with van der Waals surface area (Å²) >= 11 is 0. The fraction of sp³-hybridized carbons (Fsp3) is 0.161. The zero-order chi connectivity index (χ0) is 26.1. The third-order valence-electron chi connectivity index (χ3n) is 6.66. The summed E-state index contributed by atoms with van der Waals surface area (Å²) in [6.07, 6.45) is 3.70. The van der Waals surface area contributed by atoms with Crippen LogP contribution in [0.25, 0.3) is 39.5 Å². The zero-order valence-corrected chi connectivity index (χ0v) is 21.5. The molecule has 0 unspecified atom stereocenters. The summed E-state index contributed by atoms with van der Waals surface area (Å²) in [5.41, 5.74) is 4.29. The molecule has 1 aromatic heterocycles. The van der Waals surface area contributed by atoms with Crippen molar-refractivity contribution in [3.05, 3.63) is 99.6 Å². The molecule has 0 saturated carbocycles. The maximum atomic E-state index is 13.9. The minimum atomic E-state index is -0.127. The number of ether oxygens (including phenoxy) is 3. The van der Waals surface area contributed by atoms with Gasteiger partial charge in [0.05, 0.1) is 37.9 Å². The molecule has 186 valence electrons. The summed E-state index contributed by atoms with van der Waals surface area (Å²) in [6, 6.07) is 21.5. The summed E-state index contributed by atoms with van der Waals surface area (Å²) in [6.45, 7) is 4.09. The molecule has 0 spiro atoms. The van der Waals surface area contributed by atoms with Crippen LogP contribution >= 0.6 is 0 Å². The van der Waals surface area contributed by atoms with Crippen molar-refractivity contribution in [2.45, 2.75) is 13.8 Å². The van der Waals surface area contributed by atoms with Crippen LogP contribution in [0.5, 0.6) is 17.2 Å². The number of fused-ring (bicyclic) bond motifs is 2. The van der Waals surface area contributed by atoms with E-state index in [2.05, 4.69) is 6.92 Å². The smallest absolute Gasteiger partial charge is 0.266 e. The normalized spacial score (nSPS) is 11.4. The molecule has 0 atom stereocenters. The number of hydrogen-bond acceptors (Lipinski definition) is 5. The summed E-state index contributed by atoms with van der Waals surface area (Å²) in [7, 11) is 4.77. The summed E-state index contributed by atoms with van der Waals surface area (Å²) < 4.78 is 18.1. The van der Waals surface area contributed by atoms with E-state index in [4.69, 9.17) is 19.2 Å². The van der Waals surface area contributed by atoms with Gasteiger partial charge in [-0.25, -0.2) is 4.98 Å². The molecule has 0 amide bonds. The van der Waals surface area contributed by atoms with Crippen LogP contribution in [0.3, 0.4) is 0 Å². The lowest BCUT2D eigenvalue weighted by Crippen LogP contribution is -2.22. The van der Waals surface area contributed by atoms with Crippen LogP contribution in [0.4, 0.5) is 0 Å². The van der Waals surface area contributed by atoms with E-state index >= 15 is 0 Å². The van der Waals surface area contributed by atoms with Crippen molar-refractivity contribution < 1.29 is 14.2 Å². The largest absolute Gasteiger partial charge is 0.496 e. The van der Waals surface area contributed by atoms with Gasteiger partial charge in [0.25, 0.3) is 5.56 Å². The average Bonchev–Trinajstić information content (AvgIpc) is 2.92. The molecule has 6 heteroatoms. The topological polar surface area (TPSA) is 62.6 Å². The molecule has 0 radical (unpaired) electrons. The van der Waals surface area contributed by atoms with E-state index in [1.165, 1.54) is 0 Å². The van der Waals surface area contributed by atoms with Crippen molar-refractivity contribution in [3.8, 4) is 22.9 Å². The van der Waals surface area contributed by atoms with Gasteiger partial charge in [-0.05, 0) is 78.2 Å². The standard InChI is InChI=1S/C31H28N2O4/c1-19-10-12-24(14-20(19)2)33-30(13-11-23-17-28(36-4)29(37-5)18-27(23)35-3)32-26-16-22-9-7-6-8-21(22)15-25(26)31(33)34/h6-18H,1-5H3. The predicted molar refractivity (Wildman–Crippen MR) is 149 cm³/mol. The first-order valence-corrected chi connectivity index (χ1v) is 11.9. The molecule has 1 heterocycles. The van der Waals surface area contributed by atoms with E-state index in [0.717, 1.165) is 33.2 Å². The average molecular weight is 493 g/mol. The molecule has 5 rings (SSSR count). The van der Waals surface area contributed by atoms with Crippen LogP contribution < -0.4 is 19.8 Å². The molecule has 4 aromatic carbocycles. The van der Waals surface area contributed by atoms with Gasteiger partial charge >= 0.3 is 0 Å². The third kappa shape index (κ3) is 4.42. The minimum absolute atomic E-state index is 0.127. The van der Waals surface area contributed by atoms with Crippen LogP contribution in [0, 0.1) is 13.8 Å². The number of hydrogen-bond donors (Lipinski definition) is 0. The second-order valence-corrected chi connectivity index (χ2v) is 8.88. The maximum absolute atomic E-state index is 13.9. The van der Waals surface area contributed by atoms with Gasteiger partial charge in [-0.3, -0.25) is 9.36 Å². The van der Waals surface area contributed by atoms with E-state index in [9.17, 15) is 4.79 Å². The second-order valence-electron chi connectivity index (χ2n) is 8.88. The number of aromatic nitrogens is 2. The summed E-state index contributed by atoms with van der Waals surface area (Å²) in [4.78, 5) is 18.9. The molecule has 0 aliphatic heterocycles. The van der Waals surface area contributed by atoms with Gasteiger partial charge < -0.3 is 14.2 Å². The van der Waals surface area contributed by atoms with Crippen molar-refractivity contribution in [1.29, 1.82) is 0 Å². The summed E-state index contributed by atoms with van der Waals surface area (Å²) in [5, 5.41) is 2.60. The molecular formula is C31H28N2O4. The zero-order valence-electron chi connectivity index (χ0n) is 21.5. The highest BCUT2D eigenvalue weighted by Gasteiger charge is 2.14. The SMILES string of the molecule is COc1cc(OC)c(OC)cc1C=Cc1nc2cc3ccccc3cc2c(=O)n1-c1ccc(C)c(C)c1. The number of benzene rings is 4. The van der Waals surface area contributed by atoms with Gasteiger partial charge in [0.1, 0.15) is 11.6 Å². The van der Waals surface area contributed by atoms with Crippen LogP contribution in [-0.4, -0.2) is 30.9 Å². The van der Waals surface area contributed by atoms with E-state index in [1.54, 1.807) is 32.0 Å². The Labute approximate surface area is 215 Å². The van der Waals surface area contributed by atoms with Gasteiger partial charge in [0.2, 0.25) is 0 Å². The Morgan fingerprint density at radius 2 is 1.41 bits per heavy atom. The molecule has 0 N–H and O–H groups in total. The van der Waals surface area contributed by atoms with Gasteiger partial charge in [-0.1, -0.05) is 30.3 Å². The first kappa shape index (κ1) is 24.1. The quantitative estimate of drug-likeness (QED) is 0.258. The van der Waals surface area contributed by atoms with Crippen molar-refractivity contribution in [1.82, 2.24) is 9.55 Å². The van der Waals surface area contributed by atoms with Crippen molar-refractivity contribution in [2.24, 2.45) is 0 Å². The Bertz CT molecular complexity index is 1730. The molecule has 6 nitrogen and oxygen atoms in total. The first-order chi connectivity index (χ1) is 17.9. The predicted octanol–water partition coefficient (Wildman–Crippen LogP) is 6.35. The highest BCUT2D eigenvalue weighted by atomic mass is 16.5. The van der Waals surface area contributed by atoms with E-state index in [0.29, 0.717) is 34.0 Å². The molecule has 0 saturated heterocycles. The van der Waals surface area contributed by atoms with Crippen LogP contribution in [0.1, 0.15) is 22.5 Å². The number of nitrogens with zero attached hydrogens (tertiary/aromatic N) is 2. The lowest BCUT2D eigenvalue weighted by molar-refractivity contribution is 0.348. The Morgan fingerprint density at radius 3 is 2.08 bits per heavy atom. The molecule has 0 aliphatic carbocycles. The van der Waals surface area contributed by atoms with Crippen molar-refractivity contribution >= 4 is 33.8 Å². The third-order valence-corrected chi connectivity index (χ3v) is 6.66. The van der Waals surface area contributed by atoms with E-state index < -0.39 is 0 Å². The lowest BCUT2D eigenvalue weighted by Gasteiger charge is -2.14. The Balaban J connectivity index is 1.77. The second kappa shape index (κ2) is 9.82. The lowest BCUT2D eigenvalue weighted by atomic mass is 10.1. The summed E-state index contributed by atoms with van der Waals surface area (Å²) in [5.74, 6) is 2.26. The highest BCUT2D eigenvalue weighted by Crippen LogP contribution is 2.35. The van der Waals surface area contributed by atoms with Gasteiger partial charge in [0, 0.05) is 11.6 Å². The molecule has 5 aromatic rings. The monoisotopic (exact) mass is 492 g/mol.